The maximum absolute atomic E-state index is 13.4. The number of unbranched alkanes of at least 4 members (excludes halogenated alkanes) is 23. The first-order chi connectivity index (χ1) is 43.3. The molecule has 3 heterocycles. The highest BCUT2D eigenvalue weighted by molar-refractivity contribution is 5.76. The average Bonchev–Trinajstić information content (AvgIpc) is 2.44. The van der Waals surface area contributed by atoms with Crippen molar-refractivity contribution in [2.24, 2.45) is 0 Å². The van der Waals surface area contributed by atoms with Crippen molar-refractivity contribution in [1.82, 2.24) is 5.32 Å². The number of hydrogen-bond acceptors (Lipinski definition) is 18. The van der Waals surface area contributed by atoms with Crippen LogP contribution in [0.15, 0.2) is 85.1 Å². The number of rotatable bonds is 51. The highest BCUT2D eigenvalue weighted by atomic mass is 16.8. The average molecular weight is 1260 g/mol. The van der Waals surface area contributed by atoms with Crippen molar-refractivity contribution in [3.05, 3.63) is 85.1 Å². The Morgan fingerprint density at radius 2 is 0.787 bits per heavy atom. The first-order valence-corrected chi connectivity index (χ1v) is 34.3. The van der Waals surface area contributed by atoms with E-state index in [1.165, 1.54) is 103 Å². The smallest absolute Gasteiger partial charge is 0.220 e. The molecule has 0 saturated carbocycles. The van der Waals surface area contributed by atoms with Crippen molar-refractivity contribution in [1.29, 1.82) is 0 Å². The number of ether oxygens (including phenoxy) is 6. The molecule has 12 N–H and O–H groups in total. The van der Waals surface area contributed by atoms with Crippen molar-refractivity contribution >= 4 is 5.91 Å². The Balaban J connectivity index is 1.46. The van der Waals surface area contributed by atoms with Gasteiger partial charge in [-0.3, -0.25) is 4.79 Å². The lowest BCUT2D eigenvalue weighted by molar-refractivity contribution is -0.379. The zero-order valence-electron chi connectivity index (χ0n) is 54.1. The van der Waals surface area contributed by atoms with Gasteiger partial charge in [0, 0.05) is 6.42 Å². The van der Waals surface area contributed by atoms with Crippen LogP contribution in [0.25, 0.3) is 0 Å². The summed E-state index contributed by atoms with van der Waals surface area (Å²) < 4.78 is 34.3. The lowest BCUT2D eigenvalue weighted by Gasteiger charge is -2.48. The van der Waals surface area contributed by atoms with Crippen molar-refractivity contribution < 1.29 is 89.4 Å². The largest absolute Gasteiger partial charge is 0.394 e. The highest BCUT2D eigenvalue weighted by Crippen LogP contribution is 2.33. The molecule has 3 aliphatic heterocycles. The summed E-state index contributed by atoms with van der Waals surface area (Å²) >= 11 is 0. The summed E-state index contributed by atoms with van der Waals surface area (Å²) in [5.41, 5.74) is 0. The summed E-state index contributed by atoms with van der Waals surface area (Å²) in [4.78, 5) is 13.4. The van der Waals surface area contributed by atoms with Gasteiger partial charge < -0.3 is 89.9 Å². The summed E-state index contributed by atoms with van der Waals surface area (Å²) in [6, 6.07) is -1.00. The Morgan fingerprint density at radius 1 is 0.416 bits per heavy atom. The van der Waals surface area contributed by atoms with Gasteiger partial charge in [0.1, 0.15) is 73.2 Å². The van der Waals surface area contributed by atoms with Gasteiger partial charge in [-0.2, -0.15) is 0 Å². The minimum Gasteiger partial charge on any atom is -0.394 e. The van der Waals surface area contributed by atoms with E-state index < -0.39 is 124 Å². The number of aliphatic hydroxyl groups is 11. The van der Waals surface area contributed by atoms with Crippen molar-refractivity contribution in [2.45, 2.75) is 324 Å². The van der Waals surface area contributed by atoms with Crippen LogP contribution >= 0.6 is 0 Å². The van der Waals surface area contributed by atoms with Gasteiger partial charge in [-0.05, 0) is 83.5 Å². The molecule has 0 spiro atoms. The molecular formula is C70H121NO18. The molecule has 0 aromatic carbocycles. The molecule has 3 aliphatic rings. The normalized spacial score (nSPS) is 28.8. The zero-order chi connectivity index (χ0) is 64.7. The van der Waals surface area contributed by atoms with Crippen LogP contribution in [-0.2, 0) is 33.2 Å². The second-order valence-electron chi connectivity index (χ2n) is 24.2. The predicted octanol–water partition coefficient (Wildman–Crippen LogP) is 8.71. The molecule has 3 fully saturated rings. The molecule has 0 bridgehead atoms. The Labute approximate surface area is 533 Å². The number of carbonyl (C=O) groups is 1. The van der Waals surface area contributed by atoms with E-state index in [1.54, 1.807) is 6.08 Å². The van der Waals surface area contributed by atoms with Gasteiger partial charge in [0.15, 0.2) is 18.9 Å². The number of amides is 1. The maximum Gasteiger partial charge on any atom is 0.220 e. The number of hydrogen-bond donors (Lipinski definition) is 12. The van der Waals surface area contributed by atoms with Crippen LogP contribution in [0.4, 0.5) is 0 Å². The molecule has 0 aromatic rings. The Hall–Kier alpha value is -3.03. The molecule has 3 saturated heterocycles. The Bertz CT molecular complexity index is 1940. The van der Waals surface area contributed by atoms with E-state index in [0.717, 1.165) is 83.5 Å². The molecule has 19 nitrogen and oxygen atoms in total. The molecule has 17 unspecified atom stereocenters. The number of nitrogens with one attached hydrogen (secondary N) is 1. The van der Waals surface area contributed by atoms with E-state index in [-0.39, 0.29) is 18.9 Å². The zero-order valence-corrected chi connectivity index (χ0v) is 54.1. The van der Waals surface area contributed by atoms with E-state index in [0.29, 0.717) is 12.8 Å². The van der Waals surface area contributed by atoms with Crippen LogP contribution in [0, 0.1) is 0 Å². The Kier molecular flexibility index (Phi) is 46.3. The molecule has 0 aromatic heterocycles. The molecule has 17 atom stereocenters. The first kappa shape index (κ1) is 80.2. The number of allylic oxidation sites excluding steroid dienone is 13. The van der Waals surface area contributed by atoms with Gasteiger partial charge in [0.25, 0.3) is 0 Å². The molecular weight excluding hydrogens is 1140 g/mol. The van der Waals surface area contributed by atoms with Crippen LogP contribution in [0.1, 0.15) is 219 Å². The summed E-state index contributed by atoms with van der Waals surface area (Å²) in [5, 5.41) is 120. The first-order valence-electron chi connectivity index (χ1n) is 34.3. The van der Waals surface area contributed by atoms with Gasteiger partial charge in [0.05, 0.1) is 38.6 Å². The molecule has 1 amide bonds. The van der Waals surface area contributed by atoms with Gasteiger partial charge in [-0.15, -0.1) is 0 Å². The van der Waals surface area contributed by atoms with E-state index >= 15 is 0 Å². The third-order valence-corrected chi connectivity index (χ3v) is 16.7. The molecule has 3 rings (SSSR count). The van der Waals surface area contributed by atoms with Crippen molar-refractivity contribution in [3.63, 3.8) is 0 Å². The molecule has 0 aliphatic carbocycles. The monoisotopic (exact) mass is 1260 g/mol. The summed E-state index contributed by atoms with van der Waals surface area (Å²) in [5.74, 6) is -0.295. The number of aliphatic hydroxyl groups excluding tert-OH is 11. The van der Waals surface area contributed by atoms with Gasteiger partial charge in [-0.25, -0.2) is 0 Å². The fraction of sp³-hybridized carbons (Fsp3) is 0.786. The van der Waals surface area contributed by atoms with Crippen LogP contribution in [-0.4, -0.2) is 193 Å². The molecule has 89 heavy (non-hydrogen) atoms. The van der Waals surface area contributed by atoms with E-state index in [9.17, 15) is 61.0 Å². The van der Waals surface area contributed by atoms with Crippen LogP contribution < -0.4 is 5.32 Å². The SMILES string of the molecule is CC/C=C\C/C=C\C/C=C\C/C=C\CCCCCCCCCCCCCCC(=O)NC(COC1OC(CO)C(OC2OC(CO)C(OC3OC(CO)C(O)C(O)C3O)C(O)C2O)C(O)C1O)C(O)/C=C/CC/C=C/CC/C=C/CCCCCCCCCCC. The third-order valence-electron chi connectivity index (χ3n) is 16.7. The highest BCUT2D eigenvalue weighted by Gasteiger charge is 2.53. The predicted molar refractivity (Wildman–Crippen MR) is 346 cm³/mol. The second-order valence-corrected chi connectivity index (χ2v) is 24.2. The van der Waals surface area contributed by atoms with Crippen LogP contribution in [0.3, 0.4) is 0 Å². The molecule has 514 valence electrons. The molecule has 0 radical (unpaired) electrons. The van der Waals surface area contributed by atoms with Crippen LogP contribution in [0.2, 0.25) is 0 Å². The minimum absolute atomic E-state index is 0.225. The van der Waals surface area contributed by atoms with Gasteiger partial charge >= 0.3 is 0 Å². The molecule has 19 heteroatoms. The van der Waals surface area contributed by atoms with Crippen molar-refractivity contribution in [3.8, 4) is 0 Å². The van der Waals surface area contributed by atoms with E-state index in [1.807, 2.05) is 6.08 Å². The van der Waals surface area contributed by atoms with Crippen molar-refractivity contribution in [2.75, 3.05) is 26.4 Å². The fourth-order valence-corrected chi connectivity index (χ4v) is 11.1. The van der Waals surface area contributed by atoms with E-state index in [4.69, 9.17) is 28.4 Å². The lowest BCUT2D eigenvalue weighted by atomic mass is 9.96. The van der Waals surface area contributed by atoms with Crippen LogP contribution in [0.5, 0.6) is 0 Å². The third kappa shape index (κ3) is 33.6. The fourth-order valence-electron chi connectivity index (χ4n) is 11.1. The standard InChI is InChI=1S/C70H121NO18/c1-3-5-7-9-11-13-15-17-19-21-23-24-25-26-27-28-30-32-34-36-38-40-42-44-46-48-58(76)71-53(54(75)47-45-43-41-39-37-35-33-31-29-22-20-18-16-14-12-10-8-6-4-2)52-84-68-64(82)61(79)66(56(50-73)86-68)89-70-65(83)62(80)67(57(51-74)87-70)88-69-63(81)60(78)59(77)55(49-72)85-69/h5,7,11,13,17,19,23-24,29,31,37,39,45,47,53-57,59-70,72-75,77-83H,3-4,6,8-10,12,14-16,18,20-22,25-28,30,32-36,38,40-44,46,48-52H2,1-2H3,(H,71,76)/b7-5-,13-11-,19-17-,24-23-,31-29+,39-37+,47-45+. The topological polar surface area (TPSA) is 307 Å². The van der Waals surface area contributed by atoms with Gasteiger partial charge in [0.2, 0.25) is 5.91 Å². The summed E-state index contributed by atoms with van der Waals surface area (Å²) in [6.45, 7) is 1.58. The minimum atomic E-state index is -1.99. The number of carbonyl (C=O) groups excluding carboxylic acids is 1. The summed E-state index contributed by atoms with van der Waals surface area (Å²) in [6.07, 6.45) is 38.4. The lowest BCUT2D eigenvalue weighted by Crippen LogP contribution is -2.66. The Morgan fingerprint density at radius 3 is 1.26 bits per heavy atom. The second kappa shape index (κ2) is 51.4. The van der Waals surface area contributed by atoms with Gasteiger partial charge in [-0.1, -0.05) is 214 Å². The quantitative estimate of drug-likeness (QED) is 0.0200. The summed E-state index contributed by atoms with van der Waals surface area (Å²) in [7, 11) is 0. The maximum atomic E-state index is 13.4. The van der Waals surface area contributed by atoms with E-state index in [2.05, 4.69) is 92.1 Å².